The molecule has 0 saturated carbocycles. The van der Waals surface area contributed by atoms with Crippen LogP contribution in [0.4, 0.5) is 8.78 Å². The molecule has 0 saturated heterocycles. The van der Waals surface area contributed by atoms with Gasteiger partial charge in [0.25, 0.3) is 11.5 Å². The van der Waals surface area contributed by atoms with Gasteiger partial charge in [-0.2, -0.15) is 0 Å². The minimum Gasteiger partial charge on any atom is -0.373 e. The van der Waals surface area contributed by atoms with E-state index in [4.69, 9.17) is 4.74 Å². The third kappa shape index (κ3) is 3.14. The monoisotopic (exact) mass is 488 g/mol. The van der Waals surface area contributed by atoms with Gasteiger partial charge in [0.2, 0.25) is 0 Å². The van der Waals surface area contributed by atoms with Crippen molar-refractivity contribution in [1.29, 1.82) is 0 Å². The zero-order valence-corrected chi connectivity index (χ0v) is 17.7. The number of pyridine rings is 2. The van der Waals surface area contributed by atoms with Crippen molar-refractivity contribution < 1.29 is 18.3 Å². The van der Waals surface area contributed by atoms with Crippen LogP contribution in [0, 0.1) is 11.6 Å². The number of likely N-dealkylation sites (N-methyl/N-ethyl adjacent to an activating group) is 1. The maximum absolute atomic E-state index is 14.0. The fourth-order valence-corrected chi connectivity index (χ4v) is 4.46. The third-order valence-electron chi connectivity index (χ3n) is 5.56. The Morgan fingerprint density at radius 1 is 1.16 bits per heavy atom. The molecule has 2 N–H and O–H groups in total. The topological polar surface area (TPSA) is 91.1 Å². The van der Waals surface area contributed by atoms with E-state index in [1.165, 1.54) is 4.90 Å². The highest BCUT2D eigenvalue weighted by molar-refractivity contribution is 9.10. The van der Waals surface area contributed by atoms with Gasteiger partial charge in [-0.25, -0.2) is 8.78 Å². The Morgan fingerprint density at radius 2 is 1.90 bits per heavy atom. The van der Waals surface area contributed by atoms with Crippen LogP contribution in [0.2, 0.25) is 0 Å². The molecule has 0 radical (unpaired) electrons. The Hall–Kier alpha value is -3.11. The van der Waals surface area contributed by atoms with Gasteiger partial charge in [-0.1, -0.05) is 0 Å². The first kappa shape index (κ1) is 19.8. The van der Waals surface area contributed by atoms with Crippen molar-refractivity contribution in [1.82, 2.24) is 19.9 Å². The fraction of sp³-hybridized carbons (Fsp3) is 0.190. The van der Waals surface area contributed by atoms with E-state index < -0.39 is 23.2 Å². The Balaban J connectivity index is 1.62. The van der Waals surface area contributed by atoms with Crippen LogP contribution in [0.25, 0.3) is 21.7 Å². The van der Waals surface area contributed by atoms with Crippen molar-refractivity contribution in [2.24, 2.45) is 0 Å². The van der Waals surface area contributed by atoms with E-state index in [0.29, 0.717) is 22.5 Å². The number of carbonyl (C=O) groups excluding carboxylic acids is 1. The van der Waals surface area contributed by atoms with Crippen LogP contribution >= 0.6 is 15.9 Å². The molecule has 7 nitrogen and oxygen atoms in total. The summed E-state index contributed by atoms with van der Waals surface area (Å²) < 4.78 is 34.2. The van der Waals surface area contributed by atoms with Gasteiger partial charge in [-0.05, 0) is 39.5 Å². The summed E-state index contributed by atoms with van der Waals surface area (Å²) in [6.45, 7) is 0.240. The highest BCUT2D eigenvalue weighted by Crippen LogP contribution is 2.34. The fourth-order valence-electron chi connectivity index (χ4n) is 4.01. The number of rotatable bonds is 2. The second-order valence-electron chi connectivity index (χ2n) is 7.37. The van der Waals surface area contributed by atoms with Crippen molar-refractivity contribution in [3.8, 4) is 0 Å². The molecule has 1 aliphatic rings. The van der Waals surface area contributed by atoms with Gasteiger partial charge >= 0.3 is 0 Å². The summed E-state index contributed by atoms with van der Waals surface area (Å²) >= 11 is 3.41. The Kier molecular flexibility index (Phi) is 4.63. The smallest absolute Gasteiger partial charge is 0.270 e. The second-order valence-corrected chi connectivity index (χ2v) is 8.23. The number of aromatic nitrogens is 3. The van der Waals surface area contributed by atoms with Gasteiger partial charge in [0.1, 0.15) is 5.69 Å². The first-order chi connectivity index (χ1) is 14.8. The lowest BCUT2D eigenvalue weighted by Crippen LogP contribution is -2.37. The first-order valence-corrected chi connectivity index (χ1v) is 10.2. The predicted octanol–water partition coefficient (Wildman–Crippen LogP) is 3.79. The molecule has 0 unspecified atom stereocenters. The van der Waals surface area contributed by atoms with Crippen molar-refractivity contribution >= 4 is 43.5 Å². The van der Waals surface area contributed by atoms with Gasteiger partial charge in [0.15, 0.2) is 11.6 Å². The van der Waals surface area contributed by atoms with E-state index in [9.17, 15) is 18.4 Å². The summed E-state index contributed by atoms with van der Waals surface area (Å²) in [4.78, 5) is 36.9. The molecule has 0 spiro atoms. The molecule has 1 aromatic carbocycles. The predicted molar refractivity (Wildman–Crippen MR) is 113 cm³/mol. The average Bonchev–Trinajstić information content (AvgIpc) is 3.19. The number of nitrogens with one attached hydrogen (secondary N) is 2. The first-order valence-electron chi connectivity index (χ1n) is 9.36. The molecule has 0 aliphatic carbocycles. The largest absolute Gasteiger partial charge is 0.373 e. The molecular weight excluding hydrogens is 474 g/mol. The number of carbonyl (C=O) groups is 1. The van der Waals surface area contributed by atoms with Crippen LogP contribution in [0.15, 0.2) is 39.9 Å². The summed E-state index contributed by atoms with van der Waals surface area (Å²) in [7, 11) is 1.60. The summed E-state index contributed by atoms with van der Waals surface area (Å²) in [5.41, 5.74) is 1.46. The molecule has 1 atom stereocenters. The summed E-state index contributed by atoms with van der Waals surface area (Å²) in [6, 6.07) is 2.97. The number of benzene rings is 1. The maximum Gasteiger partial charge on any atom is 0.270 e. The van der Waals surface area contributed by atoms with Gasteiger partial charge in [-0.15, -0.1) is 0 Å². The molecule has 0 fully saturated rings. The highest BCUT2D eigenvalue weighted by atomic mass is 79.9. The Labute approximate surface area is 182 Å². The van der Waals surface area contributed by atoms with Crippen LogP contribution < -0.4 is 5.56 Å². The molecule has 1 amide bonds. The van der Waals surface area contributed by atoms with Crippen molar-refractivity contribution in [2.45, 2.75) is 12.6 Å². The quantitative estimate of drug-likeness (QED) is 0.449. The van der Waals surface area contributed by atoms with E-state index in [-0.39, 0.29) is 29.9 Å². The number of amides is 1. The molecule has 3 aromatic heterocycles. The number of nitrogens with zero attached hydrogens (tertiary/aromatic N) is 2. The number of aromatic amines is 2. The summed E-state index contributed by atoms with van der Waals surface area (Å²) in [5, 5.41) is 1.08. The zero-order chi connectivity index (χ0) is 21.9. The standard InChI is InChI=1S/C21H15BrF2N4O3/c1-28(21(30)15-4-11-12(22)5-25-6-16(11)26-15)18-8-31-7-17-19(18)9-2-13(23)14(24)3-10(9)20(29)27-17/h2-6,18,26H,7-8H2,1H3,(H,27,29)/t18-/m1/s1. The number of fused-ring (bicyclic) bond motifs is 4. The number of hydrogen-bond acceptors (Lipinski definition) is 4. The molecule has 158 valence electrons. The highest BCUT2D eigenvalue weighted by Gasteiger charge is 2.32. The lowest BCUT2D eigenvalue weighted by Gasteiger charge is -2.33. The van der Waals surface area contributed by atoms with Gasteiger partial charge in [0.05, 0.1) is 36.4 Å². The Morgan fingerprint density at radius 3 is 2.65 bits per heavy atom. The lowest BCUT2D eigenvalue weighted by molar-refractivity contribution is 0.0333. The second kappa shape index (κ2) is 7.24. The normalized spacial score (nSPS) is 15.9. The van der Waals surface area contributed by atoms with Crippen LogP contribution in [0.1, 0.15) is 27.8 Å². The number of H-pyrrole nitrogens is 2. The van der Waals surface area contributed by atoms with Crippen LogP contribution in [-0.2, 0) is 11.3 Å². The summed E-state index contributed by atoms with van der Waals surface area (Å²) in [6.07, 6.45) is 3.25. The van der Waals surface area contributed by atoms with E-state index in [2.05, 4.69) is 30.9 Å². The van der Waals surface area contributed by atoms with E-state index in [1.54, 1.807) is 25.5 Å². The van der Waals surface area contributed by atoms with Gasteiger partial charge in [-0.3, -0.25) is 14.6 Å². The van der Waals surface area contributed by atoms with Crippen molar-refractivity contribution in [3.05, 3.63) is 74.0 Å². The molecule has 1 aliphatic heterocycles. The molecular formula is C21H15BrF2N4O3. The van der Waals surface area contributed by atoms with Gasteiger partial charge < -0.3 is 19.6 Å². The van der Waals surface area contributed by atoms with Crippen LogP contribution in [0.3, 0.4) is 0 Å². The van der Waals surface area contributed by atoms with E-state index in [1.807, 2.05) is 0 Å². The molecule has 4 aromatic rings. The minimum atomic E-state index is -1.11. The zero-order valence-electron chi connectivity index (χ0n) is 16.1. The molecule has 5 rings (SSSR count). The number of ether oxygens (including phenoxy) is 1. The Bertz CT molecular complexity index is 1430. The van der Waals surface area contributed by atoms with Gasteiger partial charge in [0, 0.05) is 34.4 Å². The number of halogens is 3. The average molecular weight is 489 g/mol. The molecule has 31 heavy (non-hydrogen) atoms. The van der Waals surface area contributed by atoms with Crippen molar-refractivity contribution in [3.63, 3.8) is 0 Å². The molecule has 4 heterocycles. The lowest BCUT2D eigenvalue weighted by atomic mass is 9.95. The SMILES string of the molecule is CN(C(=O)c1cc2c(Br)cncc2[nH]1)[C@@H]1COCc2[nH]c(=O)c3cc(F)c(F)cc3c21. The summed E-state index contributed by atoms with van der Waals surface area (Å²) in [5.74, 6) is -2.50. The minimum absolute atomic E-state index is 0.0195. The molecule has 0 bridgehead atoms. The van der Waals surface area contributed by atoms with Crippen LogP contribution in [-0.4, -0.2) is 39.4 Å². The van der Waals surface area contributed by atoms with E-state index in [0.717, 1.165) is 22.0 Å². The number of hydrogen-bond donors (Lipinski definition) is 2. The van der Waals surface area contributed by atoms with Crippen molar-refractivity contribution in [2.75, 3.05) is 13.7 Å². The molecule has 10 heteroatoms. The van der Waals surface area contributed by atoms with E-state index >= 15 is 0 Å². The van der Waals surface area contributed by atoms with Crippen LogP contribution in [0.5, 0.6) is 0 Å². The third-order valence-corrected chi connectivity index (χ3v) is 6.19. The maximum atomic E-state index is 14.0.